The molecule has 19 heavy (non-hydrogen) atoms. The molecule has 3 atom stereocenters. The lowest BCUT2D eigenvalue weighted by atomic mass is 9.78. The van der Waals surface area contributed by atoms with Gasteiger partial charge in [0.1, 0.15) is 0 Å². The number of hydrogen-bond acceptors (Lipinski definition) is 3. The smallest absolute Gasteiger partial charge is 0.223 e. The molecule has 4 nitrogen and oxygen atoms in total. The van der Waals surface area contributed by atoms with Gasteiger partial charge in [0.25, 0.3) is 0 Å². The number of aliphatic hydroxyl groups is 1. The van der Waals surface area contributed by atoms with Gasteiger partial charge >= 0.3 is 0 Å². The highest BCUT2D eigenvalue weighted by Crippen LogP contribution is 2.30. The third kappa shape index (κ3) is 4.18. The second-order valence-corrected chi connectivity index (χ2v) is 6.49. The summed E-state index contributed by atoms with van der Waals surface area (Å²) in [5, 5.41) is 12.6. The number of amides is 1. The lowest BCUT2D eigenvalue weighted by Gasteiger charge is -2.32. The van der Waals surface area contributed by atoms with E-state index in [-0.39, 0.29) is 30.0 Å². The first-order chi connectivity index (χ1) is 9.06. The molecule has 2 rings (SSSR count). The summed E-state index contributed by atoms with van der Waals surface area (Å²) in [6.07, 6.45) is 7.64. The molecular formula is C15H28N2O2. The van der Waals surface area contributed by atoms with Crippen molar-refractivity contribution < 1.29 is 9.90 Å². The Kier molecular flexibility index (Phi) is 5.22. The molecular weight excluding hydrogens is 240 g/mol. The summed E-state index contributed by atoms with van der Waals surface area (Å²) < 4.78 is 0. The molecule has 2 saturated carbocycles. The zero-order valence-corrected chi connectivity index (χ0v) is 12.0. The van der Waals surface area contributed by atoms with Crippen LogP contribution in [0.5, 0.6) is 0 Å². The van der Waals surface area contributed by atoms with Gasteiger partial charge in [-0.1, -0.05) is 13.3 Å². The van der Waals surface area contributed by atoms with E-state index < -0.39 is 0 Å². The Morgan fingerprint density at radius 2 is 1.89 bits per heavy atom. The second-order valence-electron chi connectivity index (χ2n) is 6.49. The average Bonchev–Trinajstić information content (AvgIpc) is 2.40. The summed E-state index contributed by atoms with van der Waals surface area (Å²) >= 11 is 0. The van der Waals surface area contributed by atoms with Gasteiger partial charge in [0.2, 0.25) is 5.91 Å². The van der Waals surface area contributed by atoms with E-state index in [0.717, 1.165) is 51.4 Å². The fraction of sp³-hybridized carbons (Fsp3) is 0.933. The van der Waals surface area contributed by atoms with E-state index in [1.807, 2.05) is 6.92 Å². The second kappa shape index (κ2) is 6.71. The number of rotatable bonds is 3. The van der Waals surface area contributed by atoms with Crippen molar-refractivity contribution in [2.75, 3.05) is 0 Å². The van der Waals surface area contributed by atoms with Crippen molar-refractivity contribution in [3.05, 3.63) is 0 Å². The minimum absolute atomic E-state index is 0.0678. The molecule has 0 spiro atoms. The van der Waals surface area contributed by atoms with Gasteiger partial charge in [0, 0.05) is 18.0 Å². The molecule has 0 bridgehead atoms. The normalized spacial score (nSPS) is 37.6. The average molecular weight is 268 g/mol. The summed E-state index contributed by atoms with van der Waals surface area (Å²) in [7, 11) is 0. The zero-order valence-electron chi connectivity index (χ0n) is 12.0. The van der Waals surface area contributed by atoms with Crippen molar-refractivity contribution >= 4 is 5.91 Å². The maximum Gasteiger partial charge on any atom is 0.223 e. The quantitative estimate of drug-likeness (QED) is 0.727. The fourth-order valence-electron chi connectivity index (χ4n) is 3.49. The third-order valence-corrected chi connectivity index (χ3v) is 4.92. The molecule has 0 aromatic carbocycles. The van der Waals surface area contributed by atoms with Gasteiger partial charge in [-0.05, 0) is 50.9 Å². The monoisotopic (exact) mass is 268 g/mol. The molecule has 0 saturated heterocycles. The maximum absolute atomic E-state index is 12.3. The van der Waals surface area contributed by atoms with E-state index >= 15 is 0 Å². The molecule has 0 radical (unpaired) electrons. The van der Waals surface area contributed by atoms with E-state index in [1.165, 1.54) is 0 Å². The third-order valence-electron chi connectivity index (χ3n) is 4.92. The van der Waals surface area contributed by atoms with Gasteiger partial charge < -0.3 is 16.2 Å². The van der Waals surface area contributed by atoms with Gasteiger partial charge in [-0.2, -0.15) is 0 Å². The molecule has 4 N–H and O–H groups in total. The summed E-state index contributed by atoms with van der Waals surface area (Å²) in [4.78, 5) is 12.3. The topological polar surface area (TPSA) is 75.3 Å². The van der Waals surface area contributed by atoms with Gasteiger partial charge in [0.15, 0.2) is 0 Å². The number of carbonyl (C=O) groups excluding carboxylic acids is 1. The van der Waals surface area contributed by atoms with Crippen LogP contribution in [0.3, 0.4) is 0 Å². The lowest BCUT2D eigenvalue weighted by Crippen LogP contribution is -2.44. The highest BCUT2D eigenvalue weighted by molar-refractivity contribution is 5.78. The largest absolute Gasteiger partial charge is 0.393 e. The highest BCUT2D eigenvalue weighted by atomic mass is 16.3. The molecule has 4 heteroatoms. The van der Waals surface area contributed by atoms with Crippen LogP contribution >= 0.6 is 0 Å². The zero-order chi connectivity index (χ0) is 13.8. The maximum atomic E-state index is 12.3. The summed E-state index contributed by atoms with van der Waals surface area (Å²) in [6.45, 7) is 2.04. The van der Waals surface area contributed by atoms with Crippen molar-refractivity contribution in [3.8, 4) is 0 Å². The van der Waals surface area contributed by atoms with Crippen molar-refractivity contribution in [1.82, 2.24) is 5.32 Å². The van der Waals surface area contributed by atoms with Crippen molar-refractivity contribution in [2.45, 2.75) is 76.5 Å². The Labute approximate surface area is 116 Å². The van der Waals surface area contributed by atoms with Gasteiger partial charge in [-0.3, -0.25) is 4.79 Å². The van der Waals surface area contributed by atoms with E-state index in [1.54, 1.807) is 0 Å². The fourth-order valence-corrected chi connectivity index (χ4v) is 3.49. The Morgan fingerprint density at radius 1 is 1.21 bits per heavy atom. The minimum Gasteiger partial charge on any atom is -0.393 e. The van der Waals surface area contributed by atoms with Crippen LogP contribution in [0.2, 0.25) is 0 Å². The Balaban J connectivity index is 1.78. The van der Waals surface area contributed by atoms with Crippen LogP contribution in [0.1, 0.15) is 58.3 Å². The molecule has 2 aliphatic rings. The van der Waals surface area contributed by atoms with Crippen LogP contribution in [-0.2, 0) is 4.79 Å². The first kappa shape index (κ1) is 14.8. The van der Waals surface area contributed by atoms with Gasteiger partial charge in [-0.15, -0.1) is 0 Å². The SMILES string of the molecule is CC(C(=O)NC1CCC(O)CC1)C1CCCC(N)C1. The number of nitrogens with two attached hydrogens (primary N) is 1. The predicted molar refractivity (Wildman–Crippen MR) is 75.5 cm³/mol. The molecule has 1 amide bonds. The van der Waals surface area contributed by atoms with Crippen LogP contribution in [0.4, 0.5) is 0 Å². The molecule has 2 fully saturated rings. The summed E-state index contributed by atoms with van der Waals surface area (Å²) in [5.74, 6) is 0.691. The van der Waals surface area contributed by atoms with Crippen LogP contribution in [0, 0.1) is 11.8 Å². The molecule has 0 aliphatic heterocycles. The van der Waals surface area contributed by atoms with Crippen molar-refractivity contribution in [3.63, 3.8) is 0 Å². The number of nitrogens with one attached hydrogen (secondary N) is 1. The summed E-state index contributed by atoms with van der Waals surface area (Å²) in [5.41, 5.74) is 6.00. The molecule has 110 valence electrons. The van der Waals surface area contributed by atoms with Gasteiger partial charge in [-0.25, -0.2) is 0 Å². The van der Waals surface area contributed by atoms with E-state index in [0.29, 0.717) is 5.92 Å². The molecule has 3 unspecified atom stereocenters. The first-order valence-electron chi connectivity index (χ1n) is 7.80. The number of aliphatic hydroxyl groups excluding tert-OH is 1. The lowest BCUT2D eigenvalue weighted by molar-refractivity contribution is -0.127. The van der Waals surface area contributed by atoms with Crippen LogP contribution < -0.4 is 11.1 Å². The Morgan fingerprint density at radius 3 is 2.53 bits per heavy atom. The van der Waals surface area contributed by atoms with Crippen molar-refractivity contribution in [2.24, 2.45) is 17.6 Å². The van der Waals surface area contributed by atoms with E-state index in [4.69, 9.17) is 5.73 Å². The molecule has 0 aromatic rings. The van der Waals surface area contributed by atoms with Crippen LogP contribution in [-0.4, -0.2) is 29.2 Å². The highest BCUT2D eigenvalue weighted by Gasteiger charge is 2.30. The Hall–Kier alpha value is -0.610. The van der Waals surface area contributed by atoms with Gasteiger partial charge in [0.05, 0.1) is 6.10 Å². The van der Waals surface area contributed by atoms with E-state index in [2.05, 4.69) is 5.32 Å². The van der Waals surface area contributed by atoms with Crippen molar-refractivity contribution in [1.29, 1.82) is 0 Å². The summed E-state index contributed by atoms with van der Waals surface area (Å²) in [6, 6.07) is 0.537. The molecule has 0 heterocycles. The standard InChI is InChI=1S/C15H28N2O2/c1-10(11-3-2-4-12(16)9-11)15(19)17-13-5-7-14(18)8-6-13/h10-14,18H,2-9,16H2,1H3,(H,17,19). The molecule has 0 aromatic heterocycles. The predicted octanol–water partition coefficient (Wildman–Crippen LogP) is 1.56. The van der Waals surface area contributed by atoms with Crippen LogP contribution in [0.15, 0.2) is 0 Å². The number of hydrogen-bond donors (Lipinski definition) is 3. The Bertz CT molecular complexity index is 301. The van der Waals surface area contributed by atoms with E-state index in [9.17, 15) is 9.90 Å². The first-order valence-corrected chi connectivity index (χ1v) is 7.80. The number of carbonyl (C=O) groups is 1. The minimum atomic E-state index is -0.165. The molecule has 2 aliphatic carbocycles. The van der Waals surface area contributed by atoms with Crippen LogP contribution in [0.25, 0.3) is 0 Å².